The van der Waals surface area contributed by atoms with E-state index in [1.807, 2.05) is 0 Å². The minimum Gasteiger partial charge on any atom is -0.487 e. The second-order valence-corrected chi connectivity index (χ2v) is 10.6. The van der Waals surface area contributed by atoms with Gasteiger partial charge in [0.25, 0.3) is 5.91 Å². The molecule has 0 unspecified atom stereocenters. The Bertz CT molecular complexity index is 1670. The molecule has 0 aromatic heterocycles. The number of benzene rings is 3. The van der Waals surface area contributed by atoms with E-state index in [0.29, 0.717) is 49.6 Å². The number of allylic oxidation sites excluding steroid dienone is 1. The summed E-state index contributed by atoms with van der Waals surface area (Å²) in [4.78, 5) is 25.4. The summed E-state index contributed by atoms with van der Waals surface area (Å²) < 4.78 is 17.0. The average molecular weight is 653 g/mol. The third-order valence-corrected chi connectivity index (χ3v) is 6.97. The van der Waals surface area contributed by atoms with Crippen LogP contribution in [-0.2, 0) is 20.9 Å². The maximum absolute atomic E-state index is 12.8. The lowest BCUT2D eigenvalue weighted by atomic mass is 9.95. The van der Waals surface area contributed by atoms with Gasteiger partial charge in [-0.05, 0) is 62.0 Å². The fourth-order valence-corrected chi connectivity index (χ4v) is 5.10. The molecule has 3 aromatic rings. The van der Waals surface area contributed by atoms with Crippen molar-refractivity contribution in [2.24, 2.45) is 5.10 Å². The van der Waals surface area contributed by atoms with Crippen molar-refractivity contribution >= 4 is 58.6 Å². The van der Waals surface area contributed by atoms with Crippen LogP contribution in [0.1, 0.15) is 42.1 Å². The highest BCUT2D eigenvalue weighted by Gasteiger charge is 2.32. The zero-order valence-electron chi connectivity index (χ0n) is 23.6. The summed E-state index contributed by atoms with van der Waals surface area (Å²) in [6, 6.07) is 18.5. The van der Waals surface area contributed by atoms with Crippen LogP contribution >= 0.6 is 35.4 Å². The SMILES string of the molecule is CCOC(=O)C1=C(C)NC(=S)N[C@H]1c1ccccc1OCC(=O)NN=Cc1cc(Cl)cc(Cl)c1OCc1ccc(C#N)cc1. The molecule has 0 saturated carbocycles. The van der Waals surface area contributed by atoms with Crippen molar-refractivity contribution in [3.8, 4) is 17.6 Å². The van der Waals surface area contributed by atoms with E-state index in [9.17, 15) is 9.59 Å². The van der Waals surface area contributed by atoms with Gasteiger partial charge in [-0.15, -0.1) is 0 Å². The van der Waals surface area contributed by atoms with Crippen LogP contribution in [0.5, 0.6) is 11.5 Å². The average Bonchev–Trinajstić information content (AvgIpc) is 2.99. The van der Waals surface area contributed by atoms with Crippen LogP contribution in [0.15, 0.2) is 77.0 Å². The number of halogens is 2. The molecule has 1 heterocycles. The van der Waals surface area contributed by atoms with Crippen molar-refractivity contribution < 1.29 is 23.8 Å². The molecule has 0 bridgehead atoms. The summed E-state index contributed by atoms with van der Waals surface area (Å²) in [5, 5.41) is 20.0. The number of rotatable bonds is 11. The lowest BCUT2D eigenvalue weighted by Gasteiger charge is -2.30. The van der Waals surface area contributed by atoms with E-state index < -0.39 is 17.9 Å². The number of thiocarbonyl (C=S) groups is 1. The second-order valence-electron chi connectivity index (χ2n) is 9.31. The van der Waals surface area contributed by atoms with Crippen molar-refractivity contribution in [2.75, 3.05) is 13.2 Å². The maximum atomic E-state index is 12.8. The van der Waals surface area contributed by atoms with Crippen molar-refractivity contribution in [3.05, 3.63) is 104 Å². The van der Waals surface area contributed by atoms with Crippen molar-refractivity contribution in [1.29, 1.82) is 5.26 Å². The van der Waals surface area contributed by atoms with Crippen LogP contribution in [0.25, 0.3) is 0 Å². The van der Waals surface area contributed by atoms with E-state index in [1.54, 1.807) is 68.4 Å². The Morgan fingerprint density at radius 1 is 1.14 bits per heavy atom. The number of nitrogens with one attached hydrogen (secondary N) is 3. The normalized spacial score (nSPS) is 14.3. The second kappa shape index (κ2) is 15.2. The van der Waals surface area contributed by atoms with Gasteiger partial charge in [0.05, 0.1) is 41.1 Å². The number of ether oxygens (including phenoxy) is 3. The maximum Gasteiger partial charge on any atom is 0.338 e. The Hall–Kier alpha value is -4.63. The molecule has 13 heteroatoms. The first kappa shape index (κ1) is 32.3. The number of hydrazone groups is 1. The molecule has 0 spiro atoms. The van der Waals surface area contributed by atoms with Crippen LogP contribution in [0.3, 0.4) is 0 Å². The van der Waals surface area contributed by atoms with Gasteiger partial charge < -0.3 is 24.8 Å². The fourth-order valence-electron chi connectivity index (χ4n) is 4.27. The molecule has 1 atom stereocenters. The number of amides is 1. The Morgan fingerprint density at radius 2 is 1.89 bits per heavy atom. The van der Waals surface area contributed by atoms with E-state index in [2.05, 4.69) is 27.2 Å². The number of carbonyl (C=O) groups is 2. The number of hydrogen-bond acceptors (Lipinski definition) is 8. The number of hydrogen-bond donors (Lipinski definition) is 3. The first-order valence-electron chi connectivity index (χ1n) is 13.3. The quantitative estimate of drug-likeness (QED) is 0.109. The minimum atomic E-state index is -0.657. The molecule has 10 nitrogen and oxygen atoms in total. The predicted octanol–water partition coefficient (Wildman–Crippen LogP) is 5.33. The Labute approximate surface area is 269 Å². The molecule has 4 rings (SSSR count). The van der Waals surface area contributed by atoms with Crippen LogP contribution < -0.4 is 25.5 Å². The van der Waals surface area contributed by atoms with Gasteiger partial charge in [-0.3, -0.25) is 4.79 Å². The van der Waals surface area contributed by atoms with Gasteiger partial charge in [0, 0.05) is 21.8 Å². The lowest BCUT2D eigenvalue weighted by molar-refractivity contribution is -0.139. The third-order valence-electron chi connectivity index (χ3n) is 6.25. The molecule has 226 valence electrons. The Morgan fingerprint density at radius 3 is 2.61 bits per heavy atom. The molecule has 0 aliphatic carbocycles. The fraction of sp³-hybridized carbons (Fsp3) is 0.194. The molecule has 0 radical (unpaired) electrons. The van der Waals surface area contributed by atoms with Crippen LogP contribution in [0, 0.1) is 11.3 Å². The summed E-state index contributed by atoms with van der Waals surface area (Å²) in [6.07, 6.45) is 1.36. The zero-order valence-corrected chi connectivity index (χ0v) is 26.0. The molecule has 1 aliphatic rings. The summed E-state index contributed by atoms with van der Waals surface area (Å²) in [6.45, 7) is 3.47. The predicted molar refractivity (Wildman–Crippen MR) is 171 cm³/mol. The van der Waals surface area contributed by atoms with Gasteiger partial charge >= 0.3 is 5.97 Å². The highest BCUT2D eigenvalue weighted by atomic mass is 35.5. The van der Waals surface area contributed by atoms with Crippen molar-refractivity contribution in [1.82, 2.24) is 16.1 Å². The van der Waals surface area contributed by atoms with Gasteiger partial charge in [0.2, 0.25) is 0 Å². The molecule has 3 N–H and O–H groups in total. The zero-order chi connectivity index (χ0) is 31.6. The Kier molecular flexibility index (Phi) is 11.2. The Balaban J connectivity index is 1.43. The van der Waals surface area contributed by atoms with Crippen LogP contribution in [-0.4, -0.2) is 36.4 Å². The largest absolute Gasteiger partial charge is 0.487 e. The van der Waals surface area contributed by atoms with E-state index in [-0.39, 0.29) is 24.8 Å². The number of esters is 1. The molecule has 1 aliphatic heterocycles. The molecule has 1 amide bonds. The monoisotopic (exact) mass is 651 g/mol. The molecule has 3 aromatic carbocycles. The van der Waals surface area contributed by atoms with E-state index in [1.165, 1.54) is 12.3 Å². The first-order valence-corrected chi connectivity index (χ1v) is 14.5. The smallest absolute Gasteiger partial charge is 0.338 e. The van der Waals surface area contributed by atoms with E-state index in [0.717, 1.165) is 5.56 Å². The molecular formula is C31H27Cl2N5O5S. The van der Waals surface area contributed by atoms with Crippen molar-refractivity contribution in [3.63, 3.8) is 0 Å². The van der Waals surface area contributed by atoms with Crippen LogP contribution in [0.4, 0.5) is 0 Å². The molecule has 0 saturated heterocycles. The van der Waals surface area contributed by atoms with Gasteiger partial charge in [-0.25, -0.2) is 10.2 Å². The number of nitrogens with zero attached hydrogens (tertiary/aromatic N) is 2. The summed E-state index contributed by atoms with van der Waals surface area (Å²) in [7, 11) is 0. The molecular weight excluding hydrogens is 625 g/mol. The molecule has 0 fully saturated rings. The summed E-state index contributed by atoms with van der Waals surface area (Å²) in [5.41, 5.74) is 5.71. The first-order chi connectivity index (χ1) is 21.2. The highest BCUT2D eigenvalue weighted by Crippen LogP contribution is 2.34. The van der Waals surface area contributed by atoms with Crippen LogP contribution in [0.2, 0.25) is 10.0 Å². The third kappa shape index (κ3) is 8.26. The van der Waals surface area contributed by atoms with Gasteiger partial charge in [0.15, 0.2) is 11.7 Å². The standard InChI is InChI=1S/C31H27Cl2N5O5S/c1-3-41-30(40)27-18(2)36-31(44)37-28(27)23-6-4-5-7-25(23)42-17-26(39)38-35-15-21-12-22(32)13-24(33)29(21)43-16-20-10-8-19(14-34)9-11-20/h4-13,15,28H,3,16-17H2,1-2H3,(H,38,39)(H2,36,37,44)/t28-/m0/s1. The summed E-state index contributed by atoms with van der Waals surface area (Å²) in [5.74, 6) is -0.364. The van der Waals surface area contributed by atoms with Gasteiger partial charge in [-0.1, -0.05) is 53.5 Å². The van der Waals surface area contributed by atoms with E-state index >= 15 is 0 Å². The van der Waals surface area contributed by atoms with Gasteiger partial charge in [-0.2, -0.15) is 10.4 Å². The lowest BCUT2D eigenvalue weighted by Crippen LogP contribution is -2.45. The van der Waals surface area contributed by atoms with Crippen molar-refractivity contribution in [2.45, 2.75) is 26.5 Å². The summed E-state index contributed by atoms with van der Waals surface area (Å²) >= 11 is 17.9. The number of carbonyl (C=O) groups excluding carboxylic acids is 2. The van der Waals surface area contributed by atoms with Gasteiger partial charge in [0.1, 0.15) is 18.1 Å². The minimum absolute atomic E-state index is 0.177. The highest BCUT2D eigenvalue weighted by molar-refractivity contribution is 7.80. The number of para-hydroxylation sites is 1. The topological polar surface area (TPSA) is 134 Å². The molecule has 44 heavy (non-hydrogen) atoms. The number of nitriles is 1. The van der Waals surface area contributed by atoms with E-state index in [4.69, 9.17) is 54.9 Å².